The molecule has 1 saturated carbocycles. The Balaban J connectivity index is 1.61. The van der Waals surface area contributed by atoms with Gasteiger partial charge in [0.05, 0.1) is 0 Å². The van der Waals surface area contributed by atoms with Crippen LogP contribution in [-0.4, -0.2) is 13.1 Å². The Morgan fingerprint density at radius 3 is 2.71 bits per heavy atom. The van der Waals surface area contributed by atoms with Crippen LogP contribution in [0.5, 0.6) is 0 Å². The molecular weight excluding hydrogens is 170 g/mol. The molecule has 0 spiro atoms. The predicted molar refractivity (Wildman–Crippen MR) is 61.2 cm³/mol. The molecular formula is C13H23N. The van der Waals surface area contributed by atoms with Gasteiger partial charge in [0.1, 0.15) is 0 Å². The zero-order valence-corrected chi connectivity index (χ0v) is 9.50. The Hall–Kier alpha value is -0.300. The zero-order valence-electron chi connectivity index (χ0n) is 9.50. The van der Waals surface area contributed by atoms with E-state index in [0.717, 1.165) is 23.7 Å². The van der Waals surface area contributed by atoms with Crippen molar-refractivity contribution in [3.05, 3.63) is 12.2 Å². The number of hydrogen-bond acceptors (Lipinski definition) is 1. The molecule has 80 valence electrons. The third-order valence-electron chi connectivity index (χ3n) is 3.72. The highest BCUT2D eigenvalue weighted by Gasteiger charge is 2.34. The molecule has 0 aromatic heterocycles. The van der Waals surface area contributed by atoms with Crippen LogP contribution < -0.4 is 5.32 Å². The number of fused-ring (bicyclic) bond motifs is 2. The van der Waals surface area contributed by atoms with Crippen molar-refractivity contribution in [2.75, 3.05) is 13.1 Å². The summed E-state index contributed by atoms with van der Waals surface area (Å²) in [6, 6.07) is 0. The van der Waals surface area contributed by atoms with E-state index in [2.05, 4.69) is 31.3 Å². The Morgan fingerprint density at radius 2 is 2.14 bits per heavy atom. The van der Waals surface area contributed by atoms with Crippen molar-refractivity contribution in [3.8, 4) is 0 Å². The van der Waals surface area contributed by atoms with Gasteiger partial charge in [-0.05, 0) is 56.0 Å². The molecule has 2 bridgehead atoms. The van der Waals surface area contributed by atoms with Gasteiger partial charge in [0.2, 0.25) is 0 Å². The molecule has 0 radical (unpaired) electrons. The third-order valence-corrected chi connectivity index (χ3v) is 3.72. The highest BCUT2D eigenvalue weighted by Crippen LogP contribution is 2.42. The molecule has 0 aliphatic heterocycles. The van der Waals surface area contributed by atoms with Crippen molar-refractivity contribution in [1.82, 2.24) is 5.32 Å². The summed E-state index contributed by atoms with van der Waals surface area (Å²) in [6.45, 7) is 7.04. The van der Waals surface area contributed by atoms with E-state index in [4.69, 9.17) is 0 Å². The summed E-state index contributed by atoms with van der Waals surface area (Å²) in [4.78, 5) is 0. The number of nitrogens with one attached hydrogen (secondary N) is 1. The summed E-state index contributed by atoms with van der Waals surface area (Å²) in [6.07, 6.45) is 9.07. The van der Waals surface area contributed by atoms with E-state index in [-0.39, 0.29) is 0 Å². The second-order valence-electron chi connectivity index (χ2n) is 5.43. The molecule has 1 fully saturated rings. The minimum absolute atomic E-state index is 0.836. The van der Waals surface area contributed by atoms with E-state index in [1.807, 2.05) is 0 Å². The molecule has 2 rings (SSSR count). The molecule has 0 saturated heterocycles. The van der Waals surface area contributed by atoms with Crippen LogP contribution in [0.25, 0.3) is 0 Å². The van der Waals surface area contributed by atoms with Crippen LogP contribution in [0, 0.1) is 23.7 Å². The summed E-state index contributed by atoms with van der Waals surface area (Å²) in [5, 5.41) is 3.61. The Kier molecular flexibility index (Phi) is 3.27. The minimum Gasteiger partial charge on any atom is -0.316 e. The van der Waals surface area contributed by atoms with Crippen LogP contribution in [0.1, 0.15) is 33.1 Å². The quantitative estimate of drug-likeness (QED) is 0.523. The largest absolute Gasteiger partial charge is 0.316 e. The monoisotopic (exact) mass is 193 g/mol. The topological polar surface area (TPSA) is 12.0 Å². The lowest BCUT2D eigenvalue weighted by Crippen LogP contribution is -2.26. The third kappa shape index (κ3) is 2.38. The first-order valence-corrected chi connectivity index (χ1v) is 6.14. The van der Waals surface area contributed by atoms with Gasteiger partial charge in [-0.25, -0.2) is 0 Å². The van der Waals surface area contributed by atoms with Gasteiger partial charge < -0.3 is 5.32 Å². The molecule has 3 atom stereocenters. The number of hydrogen-bond donors (Lipinski definition) is 1. The minimum atomic E-state index is 0.836. The molecule has 2 aliphatic rings. The van der Waals surface area contributed by atoms with Crippen LogP contribution in [0.3, 0.4) is 0 Å². The summed E-state index contributed by atoms with van der Waals surface area (Å²) in [7, 11) is 0. The smallest absolute Gasteiger partial charge is 0.00147 e. The van der Waals surface area contributed by atoms with Gasteiger partial charge in [0, 0.05) is 0 Å². The summed E-state index contributed by atoms with van der Waals surface area (Å²) in [5.41, 5.74) is 0. The lowest BCUT2D eigenvalue weighted by molar-refractivity contribution is 0.405. The van der Waals surface area contributed by atoms with E-state index in [9.17, 15) is 0 Å². The van der Waals surface area contributed by atoms with E-state index in [1.54, 1.807) is 0 Å². The maximum atomic E-state index is 3.61. The first-order chi connectivity index (χ1) is 6.75. The molecule has 1 N–H and O–H groups in total. The van der Waals surface area contributed by atoms with Gasteiger partial charge in [-0.2, -0.15) is 0 Å². The highest BCUT2D eigenvalue weighted by molar-refractivity contribution is 5.10. The van der Waals surface area contributed by atoms with Crippen molar-refractivity contribution in [2.45, 2.75) is 33.1 Å². The van der Waals surface area contributed by atoms with Crippen LogP contribution in [0.4, 0.5) is 0 Å². The Bertz CT molecular complexity index is 207. The van der Waals surface area contributed by atoms with Crippen molar-refractivity contribution in [3.63, 3.8) is 0 Å². The molecule has 0 aromatic carbocycles. The average molecular weight is 193 g/mol. The maximum Gasteiger partial charge on any atom is -0.00147 e. The average Bonchev–Trinajstić information content (AvgIpc) is 2.73. The first kappa shape index (κ1) is 10.2. The van der Waals surface area contributed by atoms with Crippen molar-refractivity contribution < 1.29 is 0 Å². The van der Waals surface area contributed by atoms with Crippen LogP contribution in [0.2, 0.25) is 0 Å². The van der Waals surface area contributed by atoms with E-state index < -0.39 is 0 Å². The summed E-state index contributed by atoms with van der Waals surface area (Å²) >= 11 is 0. The number of rotatable bonds is 5. The SMILES string of the molecule is CC(C)CCNC[C@H]1C[C@@H]2C=C[C@H]1C2. The molecule has 14 heavy (non-hydrogen) atoms. The Labute approximate surface area is 88.0 Å². The standard InChI is InChI=1S/C13H23N/c1-10(2)5-6-14-9-13-8-11-3-4-12(13)7-11/h3-4,10-14H,5-9H2,1-2H3/t11-,12+,13-/m1/s1. The number of allylic oxidation sites excluding steroid dienone is 2. The highest BCUT2D eigenvalue weighted by atomic mass is 14.9. The molecule has 1 heteroatoms. The molecule has 0 aromatic rings. The molecule has 2 aliphatic carbocycles. The van der Waals surface area contributed by atoms with Crippen LogP contribution in [-0.2, 0) is 0 Å². The first-order valence-electron chi connectivity index (χ1n) is 6.14. The lowest BCUT2D eigenvalue weighted by atomic mass is 9.93. The van der Waals surface area contributed by atoms with Gasteiger partial charge in [0.15, 0.2) is 0 Å². The molecule has 0 heterocycles. The fraction of sp³-hybridized carbons (Fsp3) is 0.846. The fourth-order valence-corrected chi connectivity index (χ4v) is 2.81. The van der Waals surface area contributed by atoms with Gasteiger partial charge >= 0.3 is 0 Å². The molecule has 0 amide bonds. The normalized spacial score (nSPS) is 34.6. The second-order valence-corrected chi connectivity index (χ2v) is 5.43. The van der Waals surface area contributed by atoms with Gasteiger partial charge in [0.25, 0.3) is 0 Å². The van der Waals surface area contributed by atoms with Gasteiger partial charge in [-0.3, -0.25) is 0 Å². The van der Waals surface area contributed by atoms with Crippen LogP contribution in [0.15, 0.2) is 12.2 Å². The van der Waals surface area contributed by atoms with E-state index in [0.29, 0.717) is 0 Å². The summed E-state index contributed by atoms with van der Waals surface area (Å²) < 4.78 is 0. The van der Waals surface area contributed by atoms with Crippen LogP contribution >= 0.6 is 0 Å². The van der Waals surface area contributed by atoms with E-state index >= 15 is 0 Å². The maximum absolute atomic E-state index is 3.61. The Morgan fingerprint density at radius 1 is 1.29 bits per heavy atom. The predicted octanol–water partition coefficient (Wildman–Crippen LogP) is 2.83. The second kappa shape index (κ2) is 4.48. The molecule has 0 unspecified atom stereocenters. The molecule has 1 nitrogen and oxygen atoms in total. The zero-order chi connectivity index (χ0) is 9.97. The fourth-order valence-electron chi connectivity index (χ4n) is 2.81. The van der Waals surface area contributed by atoms with Gasteiger partial charge in [-0.1, -0.05) is 26.0 Å². The summed E-state index contributed by atoms with van der Waals surface area (Å²) in [5.74, 6) is 3.61. The van der Waals surface area contributed by atoms with Crippen molar-refractivity contribution in [1.29, 1.82) is 0 Å². The van der Waals surface area contributed by atoms with Crippen molar-refractivity contribution >= 4 is 0 Å². The van der Waals surface area contributed by atoms with Gasteiger partial charge in [-0.15, -0.1) is 0 Å². The van der Waals surface area contributed by atoms with Crippen molar-refractivity contribution in [2.24, 2.45) is 23.7 Å². The van der Waals surface area contributed by atoms with E-state index in [1.165, 1.54) is 32.4 Å². The lowest BCUT2D eigenvalue weighted by Gasteiger charge is -2.18.